The number of carbonyl (C=O) groups excluding carboxylic acids is 1. The van der Waals surface area contributed by atoms with Gasteiger partial charge in [0, 0.05) is 35.2 Å². The van der Waals surface area contributed by atoms with E-state index < -0.39 is 21.2 Å². The van der Waals surface area contributed by atoms with Gasteiger partial charge in [0.25, 0.3) is 5.91 Å². The van der Waals surface area contributed by atoms with Crippen LogP contribution in [0.3, 0.4) is 0 Å². The number of benzene rings is 2. The molecule has 0 saturated heterocycles. The van der Waals surface area contributed by atoms with E-state index >= 15 is 0 Å². The van der Waals surface area contributed by atoms with Crippen molar-refractivity contribution in [3.8, 4) is 11.3 Å². The average molecular weight is 523 g/mol. The number of carbonyl (C=O) groups is 1. The molecule has 1 amide bonds. The number of hydrogen-bond donors (Lipinski definition) is 2. The minimum Gasteiger partial charge on any atom is -0.378 e. The molecule has 0 atom stereocenters. The predicted octanol–water partition coefficient (Wildman–Crippen LogP) is 5.04. The Morgan fingerprint density at radius 3 is 2.42 bits per heavy atom. The van der Waals surface area contributed by atoms with Gasteiger partial charge in [-0.15, -0.1) is 11.3 Å². The van der Waals surface area contributed by atoms with E-state index in [1.165, 1.54) is 11.3 Å². The number of thiazole rings is 1. The average Bonchev–Trinajstić information content (AvgIpc) is 3.16. The lowest BCUT2D eigenvalue weighted by molar-refractivity contribution is 0.102. The lowest BCUT2D eigenvalue weighted by Gasteiger charge is -2.18. The number of nitrogens with one attached hydrogen (secondary N) is 2. The van der Waals surface area contributed by atoms with E-state index in [1.807, 2.05) is 48.6 Å². The topological polar surface area (TPSA) is 91.4 Å². The zero-order valence-electron chi connectivity index (χ0n) is 17.5. The highest BCUT2D eigenvalue weighted by atomic mass is 79.9. The third-order valence-corrected chi connectivity index (χ3v) is 7.53. The molecule has 0 saturated carbocycles. The lowest BCUT2D eigenvalue weighted by Crippen LogP contribution is -2.25. The van der Waals surface area contributed by atoms with E-state index in [4.69, 9.17) is 0 Å². The molecule has 10 heteroatoms. The fourth-order valence-electron chi connectivity index (χ4n) is 2.61. The van der Waals surface area contributed by atoms with Crippen LogP contribution in [0.4, 0.5) is 16.5 Å². The maximum atomic E-state index is 13.1. The second-order valence-electron chi connectivity index (χ2n) is 7.32. The first-order valence-electron chi connectivity index (χ1n) is 9.42. The predicted molar refractivity (Wildman–Crippen MR) is 132 cm³/mol. The van der Waals surface area contributed by atoms with Gasteiger partial charge in [-0.25, -0.2) is 13.4 Å². The van der Waals surface area contributed by atoms with E-state index in [0.29, 0.717) is 5.13 Å². The van der Waals surface area contributed by atoms with Crippen molar-refractivity contribution in [2.24, 2.45) is 0 Å². The van der Waals surface area contributed by atoms with Gasteiger partial charge in [0.05, 0.1) is 22.2 Å². The largest absolute Gasteiger partial charge is 0.378 e. The lowest BCUT2D eigenvalue weighted by atomic mass is 10.1. The number of anilines is 3. The van der Waals surface area contributed by atoms with Crippen molar-refractivity contribution in [3.05, 3.63) is 57.9 Å². The third-order valence-electron chi connectivity index (χ3n) is 4.50. The minimum atomic E-state index is -3.61. The van der Waals surface area contributed by atoms with Crippen molar-refractivity contribution in [2.45, 2.75) is 19.1 Å². The molecule has 0 fully saturated rings. The number of rotatable bonds is 7. The van der Waals surface area contributed by atoms with Gasteiger partial charge in [-0.2, -0.15) is 0 Å². The Morgan fingerprint density at radius 2 is 1.81 bits per heavy atom. The van der Waals surface area contributed by atoms with Gasteiger partial charge < -0.3 is 4.90 Å². The SMILES string of the molecule is CC(C)S(=O)(=O)Nc1ccc(N(C)C)cc1C(=O)Nc1nc(-c2ccc(Br)cc2)cs1. The molecule has 164 valence electrons. The molecule has 2 aromatic carbocycles. The van der Waals surface area contributed by atoms with Crippen LogP contribution in [0.2, 0.25) is 0 Å². The van der Waals surface area contributed by atoms with Gasteiger partial charge in [-0.05, 0) is 44.2 Å². The molecule has 0 aliphatic heterocycles. The molecule has 1 heterocycles. The molecule has 3 aromatic rings. The van der Waals surface area contributed by atoms with Gasteiger partial charge >= 0.3 is 0 Å². The van der Waals surface area contributed by atoms with Crippen molar-refractivity contribution in [1.82, 2.24) is 4.98 Å². The molecule has 0 unspecified atom stereocenters. The van der Waals surface area contributed by atoms with Crippen LogP contribution in [0.1, 0.15) is 24.2 Å². The van der Waals surface area contributed by atoms with Crippen LogP contribution in [-0.4, -0.2) is 38.7 Å². The second-order valence-corrected chi connectivity index (χ2v) is 11.3. The molecular formula is C21H23BrN4O3S2. The molecule has 0 spiro atoms. The fraction of sp³-hybridized carbons (Fsp3) is 0.238. The smallest absolute Gasteiger partial charge is 0.259 e. The van der Waals surface area contributed by atoms with Gasteiger partial charge in [-0.1, -0.05) is 28.1 Å². The monoisotopic (exact) mass is 522 g/mol. The third kappa shape index (κ3) is 5.63. The van der Waals surface area contributed by atoms with Crippen molar-refractivity contribution < 1.29 is 13.2 Å². The molecular weight excluding hydrogens is 500 g/mol. The summed E-state index contributed by atoms with van der Waals surface area (Å²) >= 11 is 4.71. The molecule has 0 aliphatic carbocycles. The van der Waals surface area contributed by atoms with Crippen LogP contribution in [0.15, 0.2) is 52.3 Å². The van der Waals surface area contributed by atoms with Crippen LogP contribution in [-0.2, 0) is 10.0 Å². The number of amides is 1. The summed E-state index contributed by atoms with van der Waals surface area (Å²) in [5.74, 6) is -0.443. The Hall–Kier alpha value is -2.43. The van der Waals surface area contributed by atoms with E-state index in [9.17, 15) is 13.2 Å². The van der Waals surface area contributed by atoms with E-state index in [2.05, 4.69) is 31.0 Å². The number of hydrogen-bond acceptors (Lipinski definition) is 6. The molecule has 3 rings (SSSR count). The van der Waals surface area contributed by atoms with E-state index in [-0.39, 0.29) is 11.3 Å². The minimum absolute atomic E-state index is 0.218. The van der Waals surface area contributed by atoms with Gasteiger partial charge in [0.1, 0.15) is 0 Å². The molecule has 0 radical (unpaired) electrons. The van der Waals surface area contributed by atoms with Crippen LogP contribution in [0, 0.1) is 0 Å². The maximum absolute atomic E-state index is 13.1. The fourth-order valence-corrected chi connectivity index (χ4v) is 4.31. The number of aromatic nitrogens is 1. The van der Waals surface area contributed by atoms with Crippen LogP contribution < -0.4 is 14.9 Å². The summed E-state index contributed by atoms with van der Waals surface area (Å²) in [4.78, 5) is 19.4. The molecule has 0 bridgehead atoms. The van der Waals surface area contributed by atoms with Crippen LogP contribution >= 0.6 is 27.3 Å². The van der Waals surface area contributed by atoms with E-state index in [1.54, 1.807) is 32.0 Å². The standard InChI is InChI=1S/C21H23BrN4O3S2/c1-13(2)31(28,29)25-18-10-9-16(26(3)4)11-17(18)20(27)24-21-23-19(12-30-21)14-5-7-15(22)8-6-14/h5-13,25H,1-4H3,(H,23,24,27). The molecule has 0 aliphatic rings. The van der Waals surface area contributed by atoms with Crippen molar-refractivity contribution in [1.29, 1.82) is 0 Å². The van der Waals surface area contributed by atoms with Crippen LogP contribution in [0.25, 0.3) is 11.3 Å². The van der Waals surface area contributed by atoms with Crippen molar-refractivity contribution in [3.63, 3.8) is 0 Å². The van der Waals surface area contributed by atoms with Crippen molar-refractivity contribution >= 4 is 59.7 Å². The Kier molecular flexibility index (Phi) is 7.03. The van der Waals surface area contributed by atoms with Gasteiger partial charge in [0.15, 0.2) is 5.13 Å². The zero-order valence-corrected chi connectivity index (χ0v) is 20.7. The Morgan fingerprint density at radius 1 is 1.13 bits per heavy atom. The Balaban J connectivity index is 1.89. The number of nitrogens with zero attached hydrogens (tertiary/aromatic N) is 2. The summed E-state index contributed by atoms with van der Waals surface area (Å²) in [6.45, 7) is 3.16. The first-order valence-corrected chi connectivity index (χ1v) is 12.6. The van der Waals surface area contributed by atoms with Crippen LogP contribution in [0.5, 0.6) is 0 Å². The first-order chi connectivity index (χ1) is 14.6. The van der Waals surface area contributed by atoms with E-state index in [0.717, 1.165) is 21.4 Å². The molecule has 2 N–H and O–H groups in total. The maximum Gasteiger partial charge on any atom is 0.259 e. The summed E-state index contributed by atoms with van der Waals surface area (Å²) in [6, 6.07) is 12.7. The van der Waals surface area contributed by atoms with Gasteiger partial charge in [-0.3, -0.25) is 14.8 Å². The highest BCUT2D eigenvalue weighted by molar-refractivity contribution is 9.10. The quantitative estimate of drug-likeness (QED) is 0.453. The van der Waals surface area contributed by atoms with Crippen molar-refractivity contribution in [2.75, 3.05) is 29.0 Å². The van der Waals surface area contributed by atoms with Gasteiger partial charge in [0.2, 0.25) is 10.0 Å². The summed E-state index contributed by atoms with van der Waals surface area (Å²) in [5, 5.41) is 4.44. The Labute approximate surface area is 194 Å². The normalized spacial score (nSPS) is 11.4. The summed E-state index contributed by atoms with van der Waals surface area (Å²) in [6.07, 6.45) is 0. The summed E-state index contributed by atoms with van der Waals surface area (Å²) in [5.41, 5.74) is 2.89. The first kappa shape index (κ1) is 23.2. The number of halogens is 1. The molecule has 7 nitrogen and oxygen atoms in total. The molecule has 31 heavy (non-hydrogen) atoms. The second kappa shape index (κ2) is 9.37. The summed E-state index contributed by atoms with van der Waals surface area (Å²) in [7, 11) is 0.0859. The highest BCUT2D eigenvalue weighted by Crippen LogP contribution is 2.28. The zero-order chi connectivity index (χ0) is 22.8. The highest BCUT2D eigenvalue weighted by Gasteiger charge is 2.21. The summed E-state index contributed by atoms with van der Waals surface area (Å²) < 4.78 is 28.2. The molecule has 1 aromatic heterocycles. The number of sulfonamides is 1. The Bertz CT molecular complexity index is 1190.